The molecule has 0 aliphatic carbocycles. The highest BCUT2D eigenvalue weighted by Crippen LogP contribution is 2.31. The number of nitrogens with one attached hydrogen (secondary N) is 2. The van der Waals surface area contributed by atoms with Gasteiger partial charge >= 0.3 is 11.8 Å². The summed E-state index contributed by atoms with van der Waals surface area (Å²) in [6, 6.07) is 11.0. The summed E-state index contributed by atoms with van der Waals surface area (Å²) >= 11 is 0. The minimum Gasteiger partial charge on any atom is -0.374 e. The topological polar surface area (TPSA) is 64.7 Å². The summed E-state index contributed by atoms with van der Waals surface area (Å²) in [6.07, 6.45) is 5.69. The first kappa shape index (κ1) is 23.2. The second-order valence-electron chi connectivity index (χ2n) is 9.15. The van der Waals surface area contributed by atoms with Crippen molar-refractivity contribution in [3.05, 3.63) is 58.9 Å². The smallest absolute Gasteiger partial charge is 0.313 e. The molecule has 2 amide bonds. The summed E-state index contributed by atoms with van der Waals surface area (Å²) in [7, 11) is 2.12. The van der Waals surface area contributed by atoms with Crippen LogP contribution < -0.4 is 15.5 Å². The van der Waals surface area contributed by atoms with E-state index in [-0.39, 0.29) is 11.7 Å². The molecule has 0 spiro atoms. The van der Waals surface area contributed by atoms with Gasteiger partial charge in [-0.2, -0.15) is 0 Å². The van der Waals surface area contributed by atoms with Crippen molar-refractivity contribution in [3.8, 4) is 0 Å². The van der Waals surface area contributed by atoms with Gasteiger partial charge in [0.2, 0.25) is 0 Å². The second-order valence-corrected chi connectivity index (χ2v) is 9.15. The largest absolute Gasteiger partial charge is 0.374 e. The third kappa shape index (κ3) is 5.53. The van der Waals surface area contributed by atoms with Crippen LogP contribution in [0.2, 0.25) is 0 Å². The van der Waals surface area contributed by atoms with Gasteiger partial charge in [-0.1, -0.05) is 24.6 Å². The molecular formula is C26H33FN4O2. The maximum Gasteiger partial charge on any atom is 0.313 e. The van der Waals surface area contributed by atoms with Crippen LogP contribution in [0.15, 0.2) is 36.4 Å². The van der Waals surface area contributed by atoms with Crippen LogP contribution in [0, 0.1) is 12.7 Å². The average molecular weight is 453 g/mol. The van der Waals surface area contributed by atoms with E-state index in [1.807, 2.05) is 0 Å². The van der Waals surface area contributed by atoms with Gasteiger partial charge in [0.1, 0.15) is 5.82 Å². The number of hydrogen-bond acceptors (Lipinski definition) is 4. The lowest BCUT2D eigenvalue weighted by molar-refractivity contribution is -0.136. The Kier molecular flexibility index (Phi) is 7.28. The van der Waals surface area contributed by atoms with E-state index >= 15 is 0 Å². The van der Waals surface area contributed by atoms with Gasteiger partial charge in [0.25, 0.3) is 0 Å². The van der Waals surface area contributed by atoms with Crippen molar-refractivity contribution in [2.24, 2.45) is 0 Å². The van der Waals surface area contributed by atoms with Crippen molar-refractivity contribution in [2.45, 2.75) is 45.1 Å². The minimum atomic E-state index is -0.789. The van der Waals surface area contributed by atoms with Crippen LogP contribution in [0.5, 0.6) is 0 Å². The third-order valence-corrected chi connectivity index (χ3v) is 6.76. The predicted octanol–water partition coefficient (Wildman–Crippen LogP) is 3.80. The zero-order chi connectivity index (χ0) is 23.4. The molecule has 0 aromatic heterocycles. The minimum absolute atomic E-state index is 0.0106. The van der Waals surface area contributed by atoms with Gasteiger partial charge in [0, 0.05) is 31.5 Å². The van der Waals surface area contributed by atoms with Crippen molar-refractivity contribution in [2.75, 3.05) is 43.4 Å². The summed E-state index contributed by atoms with van der Waals surface area (Å²) in [6.45, 7) is 5.02. The molecule has 176 valence electrons. The van der Waals surface area contributed by atoms with E-state index in [1.54, 1.807) is 19.1 Å². The summed E-state index contributed by atoms with van der Waals surface area (Å²) in [5.74, 6) is -1.92. The van der Waals surface area contributed by atoms with Crippen LogP contribution in [0.3, 0.4) is 0 Å². The van der Waals surface area contributed by atoms with Crippen molar-refractivity contribution in [3.63, 3.8) is 0 Å². The second kappa shape index (κ2) is 10.3. The summed E-state index contributed by atoms with van der Waals surface area (Å²) in [5, 5.41) is 5.31. The lowest BCUT2D eigenvalue weighted by atomic mass is 9.95. The summed E-state index contributed by atoms with van der Waals surface area (Å²) in [5.41, 5.74) is 4.54. The molecule has 2 aromatic rings. The van der Waals surface area contributed by atoms with Crippen LogP contribution in [-0.2, 0) is 16.0 Å². The van der Waals surface area contributed by atoms with E-state index in [0.29, 0.717) is 12.1 Å². The number of nitrogens with zero attached hydrogens (tertiary/aromatic N) is 2. The highest BCUT2D eigenvalue weighted by Gasteiger charge is 2.26. The van der Waals surface area contributed by atoms with Crippen LogP contribution in [0.1, 0.15) is 48.4 Å². The van der Waals surface area contributed by atoms with Gasteiger partial charge in [-0.25, -0.2) is 4.39 Å². The first-order valence-electron chi connectivity index (χ1n) is 11.9. The molecule has 1 saturated heterocycles. The number of fused-ring (bicyclic) bond motifs is 1. The fourth-order valence-electron chi connectivity index (χ4n) is 4.83. The molecule has 2 aliphatic rings. The lowest BCUT2D eigenvalue weighted by Crippen LogP contribution is -2.43. The molecule has 2 aliphatic heterocycles. The maximum absolute atomic E-state index is 13.8. The highest BCUT2D eigenvalue weighted by atomic mass is 19.1. The van der Waals surface area contributed by atoms with E-state index < -0.39 is 17.6 Å². The summed E-state index contributed by atoms with van der Waals surface area (Å²) < 4.78 is 13.8. The Bertz CT molecular complexity index is 1020. The molecule has 1 fully saturated rings. The monoisotopic (exact) mass is 452 g/mol. The number of piperidine rings is 1. The number of carbonyl (C=O) groups is 2. The number of carbonyl (C=O) groups excluding carboxylic acids is 2. The number of benzene rings is 2. The Labute approximate surface area is 195 Å². The van der Waals surface area contributed by atoms with Gasteiger partial charge in [-0.3, -0.25) is 14.5 Å². The Morgan fingerprint density at radius 3 is 2.55 bits per heavy atom. The number of likely N-dealkylation sites (tertiary alicyclic amines) is 1. The molecule has 2 aromatic carbocycles. The quantitative estimate of drug-likeness (QED) is 0.678. The standard InChI is InChI=1S/C26H33FN4O2/c1-18-8-10-21(16-22(18)27)29-26(33)25(32)28-17-24(31-13-4-3-5-14-31)20-9-11-23-19(15-20)7-6-12-30(23)2/h8-11,15-16,24H,3-7,12-14,17H2,1-2H3,(H,28,32)(H,29,33). The van der Waals surface area contributed by atoms with Crippen molar-refractivity contribution in [1.29, 1.82) is 0 Å². The molecule has 4 rings (SSSR count). The fourth-order valence-corrected chi connectivity index (χ4v) is 4.83. The number of halogens is 1. The molecule has 2 N–H and O–H groups in total. The predicted molar refractivity (Wildman–Crippen MR) is 129 cm³/mol. The van der Waals surface area contributed by atoms with Crippen molar-refractivity contribution < 1.29 is 14.0 Å². The van der Waals surface area contributed by atoms with Gasteiger partial charge < -0.3 is 15.5 Å². The number of rotatable bonds is 5. The number of anilines is 2. The Morgan fingerprint density at radius 1 is 1.00 bits per heavy atom. The van der Waals surface area contributed by atoms with Gasteiger partial charge in [-0.15, -0.1) is 0 Å². The Balaban J connectivity index is 1.46. The van der Waals surface area contributed by atoms with Crippen LogP contribution in [0.4, 0.5) is 15.8 Å². The first-order chi connectivity index (χ1) is 15.9. The van der Waals surface area contributed by atoms with E-state index in [2.05, 4.69) is 45.7 Å². The zero-order valence-electron chi connectivity index (χ0n) is 19.5. The normalized spacial score (nSPS) is 17.2. The Morgan fingerprint density at radius 2 is 1.79 bits per heavy atom. The molecule has 1 unspecified atom stereocenters. The Hall–Kier alpha value is -2.93. The maximum atomic E-state index is 13.8. The average Bonchev–Trinajstić information content (AvgIpc) is 2.82. The van der Waals surface area contributed by atoms with E-state index in [1.165, 1.54) is 29.3 Å². The van der Waals surface area contributed by atoms with Crippen molar-refractivity contribution in [1.82, 2.24) is 10.2 Å². The van der Waals surface area contributed by atoms with E-state index in [4.69, 9.17) is 0 Å². The molecule has 33 heavy (non-hydrogen) atoms. The SMILES string of the molecule is Cc1ccc(NC(=O)C(=O)NCC(c2ccc3c(c2)CCCN3C)N2CCCCC2)cc1F. The van der Waals surface area contributed by atoms with Gasteiger partial charge in [0.15, 0.2) is 0 Å². The molecule has 0 bridgehead atoms. The van der Waals surface area contributed by atoms with Gasteiger partial charge in [0.05, 0.1) is 6.04 Å². The molecule has 7 heteroatoms. The molecule has 6 nitrogen and oxygen atoms in total. The highest BCUT2D eigenvalue weighted by molar-refractivity contribution is 6.39. The van der Waals surface area contributed by atoms with Crippen LogP contribution in [-0.4, -0.2) is 49.9 Å². The number of aryl methyl sites for hydroxylation is 2. The molecule has 2 heterocycles. The molecule has 1 atom stereocenters. The van der Waals surface area contributed by atoms with Gasteiger partial charge in [-0.05, 0) is 80.6 Å². The third-order valence-electron chi connectivity index (χ3n) is 6.76. The molecular weight excluding hydrogens is 419 g/mol. The van der Waals surface area contributed by atoms with Crippen molar-refractivity contribution >= 4 is 23.2 Å². The molecule has 0 radical (unpaired) electrons. The first-order valence-corrected chi connectivity index (χ1v) is 11.9. The van der Waals surface area contributed by atoms with Crippen LogP contribution in [0.25, 0.3) is 0 Å². The van der Waals surface area contributed by atoms with Crippen LogP contribution >= 0.6 is 0 Å². The van der Waals surface area contributed by atoms with E-state index in [0.717, 1.165) is 45.3 Å². The fraction of sp³-hybridized carbons (Fsp3) is 0.462. The molecule has 0 saturated carbocycles. The number of amides is 2. The zero-order valence-corrected chi connectivity index (χ0v) is 19.5. The van der Waals surface area contributed by atoms with E-state index in [9.17, 15) is 14.0 Å². The lowest BCUT2D eigenvalue weighted by Gasteiger charge is -2.36. The summed E-state index contributed by atoms with van der Waals surface area (Å²) in [4.78, 5) is 29.6. The number of hydrogen-bond donors (Lipinski definition) is 2.